The fourth-order valence-corrected chi connectivity index (χ4v) is 5.56. The van der Waals surface area contributed by atoms with Gasteiger partial charge in [0.1, 0.15) is 18.1 Å². The molecule has 3 aromatic heterocycles. The number of thiophene rings is 1. The molecule has 1 amide bonds. The van der Waals surface area contributed by atoms with E-state index in [9.17, 15) is 14.0 Å². The molecule has 0 unspecified atom stereocenters. The number of aromatic nitrogens is 2. The first-order chi connectivity index (χ1) is 18.5. The number of fused-ring (bicyclic) bond motifs is 1. The van der Waals surface area contributed by atoms with Gasteiger partial charge in [-0.3, -0.25) is 19.6 Å². The highest BCUT2D eigenvalue weighted by Gasteiger charge is 2.24. The van der Waals surface area contributed by atoms with Crippen LogP contribution in [0.5, 0.6) is 11.5 Å². The maximum absolute atomic E-state index is 14.9. The molecule has 1 saturated heterocycles. The zero-order valence-corrected chi connectivity index (χ0v) is 21.5. The standard InChI is InChI=1S/C29H26FN3O4S/c30-22-13-19(12-21(34)11-18-1-2-18)4-6-25(22)37-26-7-8-31-24-14-27(38-29(24)26)23-5-3-20(15-32-23)16-33-9-10-36-17-28(33)35/h3-8,13-15,18H,1-2,9-12,16-17H2. The largest absolute Gasteiger partial charge is 0.453 e. The number of hydrogen-bond donors (Lipinski definition) is 0. The lowest BCUT2D eigenvalue weighted by molar-refractivity contribution is -0.143. The molecule has 6 rings (SSSR count). The van der Waals surface area contributed by atoms with Crippen molar-refractivity contribution in [1.82, 2.24) is 14.9 Å². The molecule has 0 bridgehead atoms. The van der Waals surface area contributed by atoms with Gasteiger partial charge in [-0.05, 0) is 54.2 Å². The predicted molar refractivity (Wildman–Crippen MR) is 142 cm³/mol. The molecule has 0 radical (unpaired) electrons. The van der Waals surface area contributed by atoms with Gasteiger partial charge in [-0.1, -0.05) is 12.1 Å². The maximum atomic E-state index is 14.9. The minimum Gasteiger partial charge on any atom is -0.453 e. The minimum atomic E-state index is -0.500. The quantitative estimate of drug-likeness (QED) is 0.281. The molecule has 2 aliphatic rings. The number of carbonyl (C=O) groups excluding carboxylic acids is 2. The van der Waals surface area contributed by atoms with Gasteiger partial charge in [0.25, 0.3) is 0 Å². The molecule has 1 aliphatic heterocycles. The van der Waals surface area contributed by atoms with E-state index >= 15 is 0 Å². The average molecular weight is 532 g/mol. The Hall–Kier alpha value is -3.69. The van der Waals surface area contributed by atoms with Gasteiger partial charge < -0.3 is 14.4 Å². The van der Waals surface area contributed by atoms with Gasteiger partial charge >= 0.3 is 0 Å². The van der Waals surface area contributed by atoms with Gasteiger partial charge in [-0.25, -0.2) is 4.39 Å². The van der Waals surface area contributed by atoms with Crippen molar-refractivity contribution in [3.8, 4) is 22.1 Å². The van der Waals surface area contributed by atoms with Crippen molar-refractivity contribution in [3.63, 3.8) is 0 Å². The van der Waals surface area contributed by atoms with Gasteiger partial charge in [0.2, 0.25) is 5.91 Å². The lowest BCUT2D eigenvalue weighted by atomic mass is 10.0. The van der Waals surface area contributed by atoms with Gasteiger partial charge in [-0.2, -0.15) is 0 Å². The summed E-state index contributed by atoms with van der Waals surface area (Å²) in [5.41, 5.74) is 3.11. The smallest absolute Gasteiger partial charge is 0.248 e. The molecule has 38 heavy (non-hydrogen) atoms. The summed E-state index contributed by atoms with van der Waals surface area (Å²) < 4.78 is 26.8. The average Bonchev–Trinajstić information content (AvgIpc) is 3.61. The van der Waals surface area contributed by atoms with Crippen molar-refractivity contribution in [2.24, 2.45) is 5.92 Å². The summed E-state index contributed by atoms with van der Waals surface area (Å²) in [5.74, 6) is 0.763. The van der Waals surface area contributed by atoms with Crippen LogP contribution in [0.4, 0.5) is 4.39 Å². The van der Waals surface area contributed by atoms with Crippen molar-refractivity contribution < 1.29 is 23.5 Å². The summed E-state index contributed by atoms with van der Waals surface area (Å²) in [6.07, 6.45) is 6.48. The minimum absolute atomic E-state index is 0.0171. The van der Waals surface area contributed by atoms with Crippen molar-refractivity contribution in [3.05, 3.63) is 71.8 Å². The molecular weight excluding hydrogens is 505 g/mol. The van der Waals surface area contributed by atoms with E-state index in [-0.39, 0.29) is 30.5 Å². The van der Waals surface area contributed by atoms with E-state index in [1.54, 1.807) is 35.5 Å². The van der Waals surface area contributed by atoms with Crippen LogP contribution >= 0.6 is 11.3 Å². The Kier molecular flexibility index (Phi) is 6.86. The topological polar surface area (TPSA) is 81.6 Å². The van der Waals surface area contributed by atoms with E-state index in [1.807, 2.05) is 18.2 Å². The van der Waals surface area contributed by atoms with Gasteiger partial charge in [0, 0.05) is 44.4 Å². The Morgan fingerprint density at radius 3 is 2.74 bits per heavy atom. The second kappa shape index (κ2) is 10.6. The number of amides is 1. The van der Waals surface area contributed by atoms with E-state index in [0.29, 0.717) is 43.3 Å². The molecule has 1 saturated carbocycles. The highest BCUT2D eigenvalue weighted by atomic mass is 32.1. The van der Waals surface area contributed by atoms with E-state index in [1.165, 1.54) is 17.4 Å². The van der Waals surface area contributed by atoms with E-state index in [4.69, 9.17) is 9.47 Å². The van der Waals surface area contributed by atoms with Crippen LogP contribution in [0, 0.1) is 11.7 Å². The number of pyridine rings is 2. The number of ketones is 1. The number of morpholine rings is 1. The van der Waals surface area contributed by atoms with Gasteiger partial charge in [0.15, 0.2) is 11.6 Å². The predicted octanol–water partition coefficient (Wildman–Crippen LogP) is 5.56. The lowest BCUT2D eigenvalue weighted by Crippen LogP contribution is -2.40. The normalized spacial score (nSPS) is 15.7. The highest BCUT2D eigenvalue weighted by Crippen LogP contribution is 2.39. The zero-order chi connectivity index (χ0) is 26.1. The summed E-state index contributed by atoms with van der Waals surface area (Å²) in [6, 6.07) is 12.2. The van der Waals surface area contributed by atoms with Crippen molar-refractivity contribution in [2.75, 3.05) is 19.8 Å². The summed E-state index contributed by atoms with van der Waals surface area (Å²) >= 11 is 1.47. The van der Waals surface area contributed by atoms with Crippen LogP contribution in [0.2, 0.25) is 0 Å². The number of rotatable bonds is 9. The molecule has 0 N–H and O–H groups in total. The third-order valence-electron chi connectivity index (χ3n) is 6.74. The van der Waals surface area contributed by atoms with Crippen molar-refractivity contribution in [1.29, 1.82) is 0 Å². The number of Topliss-reactive ketones (excluding diaryl/α,β-unsaturated/α-hetero) is 1. The van der Waals surface area contributed by atoms with Crippen LogP contribution in [0.15, 0.2) is 54.9 Å². The van der Waals surface area contributed by atoms with Crippen LogP contribution in [0.1, 0.15) is 30.4 Å². The summed E-state index contributed by atoms with van der Waals surface area (Å²) in [7, 11) is 0. The van der Waals surface area contributed by atoms with Crippen molar-refractivity contribution in [2.45, 2.75) is 32.2 Å². The van der Waals surface area contributed by atoms with Crippen LogP contribution in [-0.2, 0) is 27.3 Å². The SMILES string of the molecule is O=C(Cc1ccc(Oc2ccnc3cc(-c4ccc(CN5CCOCC5=O)cn4)sc23)c(F)c1)CC1CC1. The Labute approximate surface area is 223 Å². The third-order valence-corrected chi connectivity index (χ3v) is 7.90. The first kappa shape index (κ1) is 24.6. The number of benzene rings is 1. The van der Waals surface area contributed by atoms with Crippen LogP contribution in [0.25, 0.3) is 20.8 Å². The molecule has 0 spiro atoms. The molecule has 9 heteroatoms. The molecule has 194 valence electrons. The second-order valence-corrected chi connectivity index (χ2v) is 10.8. The Morgan fingerprint density at radius 2 is 1.97 bits per heavy atom. The van der Waals surface area contributed by atoms with E-state index in [0.717, 1.165) is 39.2 Å². The first-order valence-electron chi connectivity index (χ1n) is 12.7. The lowest BCUT2D eigenvalue weighted by Gasteiger charge is -2.26. The fourth-order valence-electron chi connectivity index (χ4n) is 4.52. The fraction of sp³-hybridized carbons (Fsp3) is 0.310. The third kappa shape index (κ3) is 5.58. The summed E-state index contributed by atoms with van der Waals surface area (Å²) in [5, 5.41) is 0. The van der Waals surface area contributed by atoms with Crippen LogP contribution in [-0.4, -0.2) is 46.3 Å². The zero-order valence-electron chi connectivity index (χ0n) is 20.7. The van der Waals surface area contributed by atoms with Gasteiger partial charge in [-0.15, -0.1) is 11.3 Å². The highest BCUT2D eigenvalue weighted by molar-refractivity contribution is 7.22. The number of nitrogens with zero attached hydrogens (tertiary/aromatic N) is 3. The molecule has 1 aliphatic carbocycles. The molecule has 1 aromatic carbocycles. The number of ether oxygens (including phenoxy) is 2. The van der Waals surface area contributed by atoms with Gasteiger partial charge in [0.05, 0.1) is 27.4 Å². The molecule has 7 nitrogen and oxygen atoms in total. The van der Waals surface area contributed by atoms with E-state index in [2.05, 4.69) is 9.97 Å². The summed E-state index contributed by atoms with van der Waals surface area (Å²) in [6.45, 7) is 1.75. The summed E-state index contributed by atoms with van der Waals surface area (Å²) in [4.78, 5) is 35.9. The molecule has 4 aromatic rings. The van der Waals surface area contributed by atoms with Crippen molar-refractivity contribution >= 4 is 33.2 Å². The maximum Gasteiger partial charge on any atom is 0.248 e. The number of carbonyl (C=O) groups is 2. The Morgan fingerprint density at radius 1 is 1.11 bits per heavy atom. The monoisotopic (exact) mass is 531 g/mol. The molecule has 0 atom stereocenters. The molecule has 2 fully saturated rings. The van der Waals surface area contributed by atoms with Crippen LogP contribution < -0.4 is 4.74 Å². The molecular formula is C29H26FN3O4S. The first-order valence-corrected chi connectivity index (χ1v) is 13.5. The van der Waals surface area contributed by atoms with Crippen LogP contribution in [0.3, 0.4) is 0 Å². The Balaban J connectivity index is 1.17. The molecule has 4 heterocycles. The number of hydrogen-bond acceptors (Lipinski definition) is 7. The Bertz CT molecular complexity index is 1500. The number of halogens is 1. The van der Waals surface area contributed by atoms with E-state index < -0.39 is 5.82 Å². The second-order valence-electron chi connectivity index (χ2n) is 9.78.